The SMILES string of the molecule is CCOC(=O)C(CO)(C(=O)OCC)C1=CCCC=C1. The molecule has 0 saturated heterocycles. The van der Waals surface area contributed by atoms with Crippen molar-refractivity contribution in [1.29, 1.82) is 0 Å². The first kappa shape index (κ1) is 15.4. The Hall–Kier alpha value is -1.62. The van der Waals surface area contributed by atoms with Crippen molar-refractivity contribution in [2.45, 2.75) is 26.7 Å². The topological polar surface area (TPSA) is 72.8 Å². The van der Waals surface area contributed by atoms with Crippen LogP contribution < -0.4 is 0 Å². The lowest BCUT2D eigenvalue weighted by Crippen LogP contribution is -2.46. The Morgan fingerprint density at radius 2 is 1.79 bits per heavy atom. The van der Waals surface area contributed by atoms with Crippen molar-refractivity contribution in [3.8, 4) is 0 Å². The molecule has 5 nitrogen and oxygen atoms in total. The Balaban J connectivity index is 3.20. The average molecular weight is 268 g/mol. The van der Waals surface area contributed by atoms with Crippen LogP contribution in [0.1, 0.15) is 26.7 Å². The molecule has 0 amide bonds. The van der Waals surface area contributed by atoms with E-state index in [0.29, 0.717) is 12.0 Å². The summed E-state index contributed by atoms with van der Waals surface area (Å²) in [7, 11) is 0. The van der Waals surface area contributed by atoms with Crippen LogP contribution in [0.5, 0.6) is 0 Å². The third kappa shape index (κ3) is 3.04. The van der Waals surface area contributed by atoms with Crippen LogP contribution in [-0.4, -0.2) is 36.9 Å². The van der Waals surface area contributed by atoms with Crippen molar-refractivity contribution >= 4 is 11.9 Å². The van der Waals surface area contributed by atoms with Crippen molar-refractivity contribution < 1.29 is 24.2 Å². The highest BCUT2D eigenvalue weighted by Crippen LogP contribution is 2.34. The summed E-state index contributed by atoms with van der Waals surface area (Å²) in [6.45, 7) is 2.90. The lowest BCUT2D eigenvalue weighted by molar-refractivity contribution is -0.171. The molecule has 1 N–H and O–H groups in total. The smallest absolute Gasteiger partial charge is 0.330 e. The number of hydrogen-bond acceptors (Lipinski definition) is 5. The molecule has 0 radical (unpaired) electrons. The fourth-order valence-electron chi connectivity index (χ4n) is 1.98. The molecule has 0 aromatic carbocycles. The Morgan fingerprint density at radius 1 is 1.21 bits per heavy atom. The Labute approximate surface area is 112 Å². The number of aliphatic hydroxyl groups is 1. The van der Waals surface area contributed by atoms with E-state index in [4.69, 9.17) is 9.47 Å². The Kier molecular flexibility index (Phi) is 5.76. The van der Waals surface area contributed by atoms with E-state index >= 15 is 0 Å². The van der Waals surface area contributed by atoms with Crippen molar-refractivity contribution in [3.63, 3.8) is 0 Å². The zero-order valence-electron chi connectivity index (χ0n) is 11.3. The van der Waals surface area contributed by atoms with Gasteiger partial charge in [-0.2, -0.15) is 0 Å². The highest BCUT2D eigenvalue weighted by molar-refractivity contribution is 6.04. The first-order chi connectivity index (χ1) is 9.13. The molecule has 0 heterocycles. The zero-order valence-corrected chi connectivity index (χ0v) is 11.3. The maximum absolute atomic E-state index is 12.2. The summed E-state index contributed by atoms with van der Waals surface area (Å²) in [5.41, 5.74) is -1.32. The van der Waals surface area contributed by atoms with Gasteiger partial charge in [0.05, 0.1) is 19.8 Å². The van der Waals surface area contributed by atoms with E-state index in [1.54, 1.807) is 26.0 Å². The number of aliphatic hydroxyl groups excluding tert-OH is 1. The molecule has 0 fully saturated rings. The fourth-order valence-corrected chi connectivity index (χ4v) is 1.98. The molecule has 0 aromatic heterocycles. The van der Waals surface area contributed by atoms with Crippen LogP contribution >= 0.6 is 0 Å². The largest absolute Gasteiger partial charge is 0.465 e. The summed E-state index contributed by atoms with van der Waals surface area (Å²) in [6.07, 6.45) is 6.86. The number of carbonyl (C=O) groups excluding carboxylic acids is 2. The number of hydrogen-bond donors (Lipinski definition) is 1. The van der Waals surface area contributed by atoms with Crippen LogP contribution in [0.4, 0.5) is 0 Å². The van der Waals surface area contributed by atoms with Gasteiger partial charge in [-0.1, -0.05) is 18.2 Å². The van der Waals surface area contributed by atoms with Gasteiger partial charge in [0.15, 0.2) is 0 Å². The van der Waals surface area contributed by atoms with Crippen LogP contribution in [0.2, 0.25) is 0 Å². The predicted octanol–water partition coefficient (Wildman–Crippen LogP) is 1.37. The van der Waals surface area contributed by atoms with E-state index in [-0.39, 0.29) is 13.2 Å². The van der Waals surface area contributed by atoms with Crippen molar-refractivity contribution in [2.24, 2.45) is 5.41 Å². The van der Waals surface area contributed by atoms with E-state index in [1.807, 2.05) is 6.08 Å². The van der Waals surface area contributed by atoms with Gasteiger partial charge >= 0.3 is 11.9 Å². The molecule has 106 valence electrons. The molecule has 0 atom stereocenters. The molecule has 5 heteroatoms. The highest BCUT2D eigenvalue weighted by atomic mass is 16.6. The van der Waals surface area contributed by atoms with E-state index < -0.39 is 24.0 Å². The van der Waals surface area contributed by atoms with E-state index in [1.165, 1.54) is 0 Å². The summed E-state index contributed by atoms with van der Waals surface area (Å²) in [5, 5.41) is 9.65. The number of carbonyl (C=O) groups is 2. The zero-order chi connectivity index (χ0) is 14.3. The second-order valence-corrected chi connectivity index (χ2v) is 4.14. The van der Waals surface area contributed by atoms with Gasteiger partial charge in [0.1, 0.15) is 0 Å². The maximum atomic E-state index is 12.2. The number of rotatable bonds is 6. The van der Waals surface area contributed by atoms with Crippen LogP contribution in [0, 0.1) is 5.41 Å². The third-order valence-corrected chi connectivity index (χ3v) is 2.97. The van der Waals surface area contributed by atoms with Gasteiger partial charge in [-0.3, -0.25) is 9.59 Å². The predicted molar refractivity (Wildman–Crippen MR) is 69.2 cm³/mol. The van der Waals surface area contributed by atoms with Crippen LogP contribution in [0.15, 0.2) is 23.8 Å². The van der Waals surface area contributed by atoms with Gasteiger partial charge in [-0.15, -0.1) is 0 Å². The molecule has 0 saturated carbocycles. The first-order valence-electron chi connectivity index (χ1n) is 6.46. The standard InChI is InChI=1S/C14H20O5/c1-3-18-12(16)14(10-15,13(17)19-4-2)11-8-6-5-7-9-11/h6,8-9,15H,3-5,7,10H2,1-2H3. The normalized spacial score (nSPS) is 14.8. The van der Waals surface area contributed by atoms with Gasteiger partial charge in [0.2, 0.25) is 5.41 Å². The molecule has 0 spiro atoms. The summed E-state index contributed by atoms with van der Waals surface area (Å²) in [5.74, 6) is -1.54. The molecular formula is C14H20O5. The quantitative estimate of drug-likeness (QED) is 0.582. The molecule has 1 aliphatic carbocycles. The van der Waals surface area contributed by atoms with Gasteiger partial charge in [-0.25, -0.2) is 0 Å². The summed E-state index contributed by atoms with van der Waals surface area (Å²) < 4.78 is 9.89. The van der Waals surface area contributed by atoms with E-state index in [0.717, 1.165) is 6.42 Å². The summed E-state index contributed by atoms with van der Waals surface area (Å²) >= 11 is 0. The molecule has 1 aliphatic rings. The molecule has 0 aromatic rings. The Bertz CT molecular complexity index is 377. The van der Waals surface area contributed by atoms with Crippen LogP contribution in [0.3, 0.4) is 0 Å². The molecular weight excluding hydrogens is 248 g/mol. The van der Waals surface area contributed by atoms with Crippen LogP contribution in [0.25, 0.3) is 0 Å². The highest BCUT2D eigenvalue weighted by Gasteiger charge is 2.51. The minimum Gasteiger partial charge on any atom is -0.465 e. The first-order valence-corrected chi connectivity index (χ1v) is 6.46. The van der Waals surface area contributed by atoms with Gasteiger partial charge < -0.3 is 14.6 Å². The lowest BCUT2D eigenvalue weighted by Gasteiger charge is -2.29. The third-order valence-electron chi connectivity index (χ3n) is 2.97. The van der Waals surface area contributed by atoms with E-state index in [9.17, 15) is 14.7 Å². The second kappa shape index (κ2) is 7.09. The number of esters is 2. The van der Waals surface area contributed by atoms with E-state index in [2.05, 4.69) is 0 Å². The molecule has 19 heavy (non-hydrogen) atoms. The Morgan fingerprint density at radius 3 is 2.16 bits per heavy atom. The fraction of sp³-hybridized carbons (Fsp3) is 0.571. The second-order valence-electron chi connectivity index (χ2n) is 4.14. The monoisotopic (exact) mass is 268 g/mol. The number of ether oxygens (including phenoxy) is 2. The summed E-state index contributed by atoms with van der Waals surface area (Å²) in [4.78, 5) is 24.3. The van der Waals surface area contributed by atoms with Crippen molar-refractivity contribution in [3.05, 3.63) is 23.8 Å². The maximum Gasteiger partial charge on any atom is 0.330 e. The average Bonchev–Trinajstić information content (AvgIpc) is 2.42. The number of allylic oxidation sites excluding steroid dienone is 3. The lowest BCUT2D eigenvalue weighted by atomic mass is 9.78. The molecule has 0 bridgehead atoms. The van der Waals surface area contributed by atoms with Crippen LogP contribution in [-0.2, 0) is 19.1 Å². The summed E-state index contributed by atoms with van der Waals surface area (Å²) in [6, 6.07) is 0. The minimum absolute atomic E-state index is 0.136. The van der Waals surface area contributed by atoms with Crippen molar-refractivity contribution in [1.82, 2.24) is 0 Å². The minimum atomic E-state index is -1.76. The van der Waals surface area contributed by atoms with Gasteiger partial charge in [0.25, 0.3) is 0 Å². The van der Waals surface area contributed by atoms with Crippen molar-refractivity contribution in [2.75, 3.05) is 19.8 Å². The van der Waals surface area contributed by atoms with Gasteiger partial charge in [-0.05, 0) is 32.3 Å². The molecule has 0 unspecified atom stereocenters. The molecule has 1 rings (SSSR count). The van der Waals surface area contributed by atoms with Gasteiger partial charge in [0, 0.05) is 0 Å². The molecule has 0 aliphatic heterocycles.